The van der Waals surface area contributed by atoms with Gasteiger partial charge in [0.25, 0.3) is 0 Å². The second-order valence-electron chi connectivity index (χ2n) is 4.23. The Labute approximate surface area is 115 Å². The Bertz CT molecular complexity index is 578. The normalized spacial score (nSPS) is 12.3. The average Bonchev–Trinajstić information content (AvgIpc) is 2.38. The first-order valence-electron chi connectivity index (χ1n) is 5.77. The van der Waals surface area contributed by atoms with Gasteiger partial charge in [-0.3, -0.25) is 0 Å². The van der Waals surface area contributed by atoms with Gasteiger partial charge in [-0.2, -0.15) is 0 Å². The third-order valence-corrected chi connectivity index (χ3v) is 3.43. The van der Waals surface area contributed by atoms with Crippen LogP contribution in [0, 0.1) is 18.6 Å². The summed E-state index contributed by atoms with van der Waals surface area (Å²) in [5, 5.41) is -0.870. The quantitative estimate of drug-likeness (QED) is 0.747. The smallest absolute Gasteiger partial charge is 0.131 e. The lowest BCUT2D eigenvalue weighted by atomic mass is 10.0. The highest BCUT2D eigenvalue weighted by Crippen LogP contribution is 2.34. The third-order valence-electron chi connectivity index (χ3n) is 2.96. The van der Waals surface area contributed by atoms with Crippen LogP contribution in [-0.4, -0.2) is 7.11 Å². The molecule has 2 rings (SSSR count). The summed E-state index contributed by atoms with van der Waals surface area (Å²) >= 11 is 6.19. The van der Waals surface area contributed by atoms with Gasteiger partial charge in [-0.25, -0.2) is 8.78 Å². The molecular formula is C15H13ClF2O. The van der Waals surface area contributed by atoms with Crippen molar-refractivity contribution in [1.29, 1.82) is 0 Å². The molecule has 0 bridgehead atoms. The second-order valence-corrected chi connectivity index (χ2v) is 4.66. The molecule has 0 aromatic heterocycles. The van der Waals surface area contributed by atoms with Crippen LogP contribution in [-0.2, 0) is 0 Å². The van der Waals surface area contributed by atoms with Crippen LogP contribution in [0.2, 0.25) is 0 Å². The van der Waals surface area contributed by atoms with Crippen molar-refractivity contribution >= 4 is 11.6 Å². The van der Waals surface area contributed by atoms with Crippen LogP contribution in [0.25, 0.3) is 0 Å². The Hall–Kier alpha value is -1.61. The van der Waals surface area contributed by atoms with Gasteiger partial charge in [-0.1, -0.05) is 18.2 Å². The molecule has 1 nitrogen and oxygen atoms in total. The number of alkyl halides is 1. The van der Waals surface area contributed by atoms with Gasteiger partial charge in [0.2, 0.25) is 0 Å². The summed E-state index contributed by atoms with van der Waals surface area (Å²) < 4.78 is 32.5. The highest BCUT2D eigenvalue weighted by Gasteiger charge is 2.20. The van der Waals surface area contributed by atoms with Crippen LogP contribution in [0.5, 0.6) is 5.75 Å². The number of ether oxygens (including phenoxy) is 1. The van der Waals surface area contributed by atoms with E-state index in [9.17, 15) is 8.78 Å². The summed E-state index contributed by atoms with van der Waals surface area (Å²) in [6.07, 6.45) is 0. The SMILES string of the molecule is COc1ccc(C(Cl)c2c(F)cccc2F)cc1C. The minimum absolute atomic E-state index is 0.131. The van der Waals surface area contributed by atoms with E-state index in [0.717, 1.165) is 5.56 Å². The molecule has 0 saturated carbocycles. The molecule has 0 radical (unpaired) electrons. The molecule has 19 heavy (non-hydrogen) atoms. The minimum atomic E-state index is -0.870. The Morgan fingerprint density at radius 2 is 1.74 bits per heavy atom. The molecule has 0 aliphatic heterocycles. The van der Waals surface area contributed by atoms with Crippen molar-refractivity contribution in [2.75, 3.05) is 7.11 Å². The molecule has 0 heterocycles. The fourth-order valence-corrected chi connectivity index (χ4v) is 2.32. The molecule has 0 amide bonds. The highest BCUT2D eigenvalue weighted by molar-refractivity contribution is 6.22. The molecule has 0 aliphatic carbocycles. The van der Waals surface area contributed by atoms with Gasteiger partial charge in [-0.05, 0) is 36.2 Å². The van der Waals surface area contributed by atoms with E-state index < -0.39 is 17.0 Å². The van der Waals surface area contributed by atoms with E-state index in [1.807, 2.05) is 6.92 Å². The maximum atomic E-state index is 13.7. The zero-order valence-corrected chi connectivity index (χ0v) is 11.3. The molecule has 2 aromatic rings. The summed E-state index contributed by atoms with van der Waals surface area (Å²) in [7, 11) is 1.57. The Balaban J connectivity index is 2.44. The van der Waals surface area contributed by atoms with Gasteiger partial charge < -0.3 is 4.74 Å². The molecule has 0 spiro atoms. The number of hydrogen-bond donors (Lipinski definition) is 0. The van der Waals surface area contributed by atoms with Crippen molar-refractivity contribution in [3.63, 3.8) is 0 Å². The first-order valence-corrected chi connectivity index (χ1v) is 6.20. The number of aryl methyl sites for hydroxylation is 1. The van der Waals surface area contributed by atoms with E-state index in [1.165, 1.54) is 18.2 Å². The first-order chi connectivity index (χ1) is 9.04. The third kappa shape index (κ3) is 2.71. The van der Waals surface area contributed by atoms with Crippen molar-refractivity contribution in [3.05, 3.63) is 64.7 Å². The lowest BCUT2D eigenvalue weighted by molar-refractivity contribution is 0.411. The van der Waals surface area contributed by atoms with Gasteiger partial charge in [0.05, 0.1) is 12.5 Å². The highest BCUT2D eigenvalue weighted by atomic mass is 35.5. The largest absolute Gasteiger partial charge is 0.496 e. The zero-order valence-electron chi connectivity index (χ0n) is 10.6. The molecule has 0 aliphatic rings. The van der Waals surface area contributed by atoms with Crippen LogP contribution < -0.4 is 4.74 Å². The van der Waals surface area contributed by atoms with Gasteiger partial charge in [-0.15, -0.1) is 11.6 Å². The van der Waals surface area contributed by atoms with Gasteiger partial charge in [0, 0.05) is 5.56 Å². The molecule has 2 aromatic carbocycles. The lowest BCUT2D eigenvalue weighted by Gasteiger charge is -2.14. The van der Waals surface area contributed by atoms with Crippen LogP contribution in [0.3, 0.4) is 0 Å². The summed E-state index contributed by atoms with van der Waals surface area (Å²) in [5.41, 5.74) is 1.36. The van der Waals surface area contributed by atoms with E-state index in [4.69, 9.17) is 16.3 Å². The maximum absolute atomic E-state index is 13.7. The fraction of sp³-hybridized carbons (Fsp3) is 0.200. The number of rotatable bonds is 3. The first kappa shape index (κ1) is 13.8. The van der Waals surface area contributed by atoms with Crippen LogP contribution in [0.15, 0.2) is 36.4 Å². The Kier molecular flexibility index (Phi) is 4.05. The molecule has 1 atom stereocenters. The number of halogens is 3. The summed E-state index contributed by atoms with van der Waals surface area (Å²) in [6.45, 7) is 1.85. The summed E-state index contributed by atoms with van der Waals surface area (Å²) in [6, 6.07) is 8.92. The molecule has 0 saturated heterocycles. The molecule has 1 unspecified atom stereocenters. The van der Waals surface area contributed by atoms with Crippen molar-refractivity contribution in [1.82, 2.24) is 0 Å². The maximum Gasteiger partial charge on any atom is 0.131 e. The van der Waals surface area contributed by atoms with E-state index >= 15 is 0 Å². The molecule has 0 fully saturated rings. The molecule has 0 N–H and O–H groups in total. The van der Waals surface area contributed by atoms with Crippen LogP contribution in [0.4, 0.5) is 8.78 Å². The molecule has 4 heteroatoms. The number of benzene rings is 2. The Morgan fingerprint density at radius 3 is 2.26 bits per heavy atom. The number of methoxy groups -OCH3 is 1. The predicted molar refractivity (Wildman–Crippen MR) is 71.8 cm³/mol. The van der Waals surface area contributed by atoms with Crippen molar-refractivity contribution in [2.24, 2.45) is 0 Å². The lowest BCUT2D eigenvalue weighted by Crippen LogP contribution is -2.01. The second kappa shape index (κ2) is 5.57. The zero-order chi connectivity index (χ0) is 14.0. The van der Waals surface area contributed by atoms with E-state index in [1.54, 1.807) is 25.3 Å². The monoisotopic (exact) mass is 282 g/mol. The standard InChI is InChI=1S/C15H13ClF2O/c1-9-8-10(6-7-13(9)19-2)15(16)14-11(17)4-3-5-12(14)18/h3-8,15H,1-2H3. The van der Waals surface area contributed by atoms with Crippen molar-refractivity contribution in [2.45, 2.75) is 12.3 Å². The van der Waals surface area contributed by atoms with Crippen molar-refractivity contribution < 1.29 is 13.5 Å². The fourth-order valence-electron chi connectivity index (χ4n) is 1.98. The van der Waals surface area contributed by atoms with Gasteiger partial charge >= 0.3 is 0 Å². The molecule has 100 valence electrons. The Morgan fingerprint density at radius 1 is 1.11 bits per heavy atom. The van der Waals surface area contributed by atoms with Gasteiger partial charge in [0.15, 0.2) is 0 Å². The van der Waals surface area contributed by atoms with Crippen molar-refractivity contribution in [3.8, 4) is 5.75 Å². The number of hydrogen-bond acceptors (Lipinski definition) is 1. The topological polar surface area (TPSA) is 9.23 Å². The van der Waals surface area contributed by atoms with Crippen LogP contribution in [0.1, 0.15) is 22.1 Å². The van der Waals surface area contributed by atoms with E-state index in [-0.39, 0.29) is 5.56 Å². The summed E-state index contributed by atoms with van der Waals surface area (Å²) in [4.78, 5) is 0. The van der Waals surface area contributed by atoms with E-state index in [0.29, 0.717) is 11.3 Å². The summed E-state index contributed by atoms with van der Waals surface area (Å²) in [5.74, 6) is -0.580. The molecular weight excluding hydrogens is 270 g/mol. The van der Waals surface area contributed by atoms with Crippen LogP contribution >= 0.6 is 11.6 Å². The minimum Gasteiger partial charge on any atom is -0.496 e. The average molecular weight is 283 g/mol. The van der Waals surface area contributed by atoms with Gasteiger partial charge in [0.1, 0.15) is 17.4 Å². The predicted octanol–water partition coefficient (Wildman–Crippen LogP) is 4.61. The van der Waals surface area contributed by atoms with E-state index in [2.05, 4.69) is 0 Å².